The monoisotopic (exact) mass is 896 g/mol. The second-order valence-corrected chi connectivity index (χ2v) is 18.6. The van der Waals surface area contributed by atoms with Crippen molar-refractivity contribution in [2.45, 2.75) is 25.8 Å². The number of hydrogen-bond donors (Lipinski definition) is 4. The highest BCUT2D eigenvalue weighted by Gasteiger charge is 2.52. The number of fused-ring (bicyclic) bond motifs is 1. The Morgan fingerprint density at radius 1 is 0.922 bits per heavy atom. The van der Waals surface area contributed by atoms with Gasteiger partial charge in [0.05, 0.1) is 17.8 Å². The fourth-order valence-corrected chi connectivity index (χ4v) is 9.68. The predicted octanol–water partition coefficient (Wildman–Crippen LogP) is 2.83. The van der Waals surface area contributed by atoms with E-state index in [1.807, 2.05) is 34.1 Å². The Bertz CT molecular complexity index is 2750. The molecule has 3 aromatic heterocycles. The molecule has 334 valence electrons. The molecule has 1 unspecified atom stereocenters. The van der Waals surface area contributed by atoms with Crippen molar-refractivity contribution in [2.24, 2.45) is 5.41 Å². The van der Waals surface area contributed by atoms with Crippen molar-refractivity contribution in [3.05, 3.63) is 90.0 Å². The number of ketones is 1. The standard InChI is InChI=1S/C43H46F2N12O6S/c1-3-53(2)64(62,63)52-33-9-8-32(44)37(38(33)45)39(60)31-20-47-40-30(31)16-26(17-46-40)27-18-48-42(49-19-27)56-14-12-55(13-15-56)36(59)21-54-22-43(23-54)24-57(25-43)29-6-4-28(5-7-29)50-34-10-11-35(58)51-41(34)61/h4-9,16-20,34,50,52H,3,10-15,21-25H2,1-2H3,(H,46,47)(H,51,58,61). The highest BCUT2D eigenvalue weighted by molar-refractivity contribution is 7.90. The smallest absolute Gasteiger partial charge is 0.301 e. The van der Waals surface area contributed by atoms with Gasteiger partial charge in [-0.2, -0.15) is 12.7 Å². The first-order chi connectivity index (χ1) is 30.7. The fraction of sp³-hybridized carbons (Fsp3) is 0.372. The quantitative estimate of drug-likeness (QED) is 0.0992. The summed E-state index contributed by atoms with van der Waals surface area (Å²) < 4.78 is 58.7. The summed E-state index contributed by atoms with van der Waals surface area (Å²) >= 11 is 0. The topological polar surface area (TPSA) is 209 Å². The molecule has 7 heterocycles. The molecule has 4 saturated heterocycles. The summed E-state index contributed by atoms with van der Waals surface area (Å²) in [5, 5.41) is 5.87. The number of nitrogens with zero attached hydrogens (tertiary/aromatic N) is 8. The van der Waals surface area contributed by atoms with Crippen LogP contribution in [0.15, 0.2) is 67.3 Å². The van der Waals surface area contributed by atoms with E-state index in [9.17, 15) is 27.6 Å². The van der Waals surface area contributed by atoms with Gasteiger partial charge in [0.15, 0.2) is 5.82 Å². The van der Waals surface area contributed by atoms with E-state index in [2.05, 4.69) is 45.1 Å². The molecule has 18 nitrogen and oxygen atoms in total. The van der Waals surface area contributed by atoms with E-state index in [0.717, 1.165) is 54.0 Å². The third kappa shape index (κ3) is 8.32. The number of hydrogen-bond acceptors (Lipinski definition) is 13. The fourth-order valence-electron chi connectivity index (χ4n) is 8.75. The van der Waals surface area contributed by atoms with E-state index in [1.165, 1.54) is 13.2 Å². The number of carbonyl (C=O) groups is 4. The molecule has 4 fully saturated rings. The van der Waals surface area contributed by atoms with Crippen LogP contribution < -0.4 is 25.2 Å². The maximum atomic E-state index is 15.6. The molecule has 0 saturated carbocycles. The molecule has 21 heteroatoms. The number of benzene rings is 2. The van der Waals surface area contributed by atoms with Gasteiger partial charge < -0.3 is 25.0 Å². The number of carbonyl (C=O) groups excluding carboxylic acids is 4. The molecule has 0 bridgehead atoms. The zero-order valence-electron chi connectivity index (χ0n) is 35.1. The van der Waals surface area contributed by atoms with E-state index in [1.54, 1.807) is 31.6 Å². The summed E-state index contributed by atoms with van der Waals surface area (Å²) in [6.07, 6.45) is 6.89. The van der Waals surface area contributed by atoms with Gasteiger partial charge in [-0.3, -0.25) is 34.1 Å². The normalized spacial score (nSPS) is 18.8. The van der Waals surface area contributed by atoms with E-state index < -0.39 is 44.9 Å². The summed E-state index contributed by atoms with van der Waals surface area (Å²) in [5.74, 6) is -3.45. The van der Waals surface area contributed by atoms with Gasteiger partial charge in [0, 0.05) is 136 Å². The third-order valence-electron chi connectivity index (χ3n) is 12.4. The summed E-state index contributed by atoms with van der Waals surface area (Å²) in [6.45, 7) is 7.78. The minimum Gasteiger partial charge on any atom is -0.374 e. The van der Waals surface area contributed by atoms with E-state index in [4.69, 9.17) is 0 Å². The van der Waals surface area contributed by atoms with Crippen molar-refractivity contribution < 1.29 is 36.4 Å². The van der Waals surface area contributed by atoms with Gasteiger partial charge in [-0.05, 0) is 48.9 Å². The zero-order chi connectivity index (χ0) is 44.9. The van der Waals surface area contributed by atoms with E-state index in [0.29, 0.717) is 68.3 Å². The molecule has 0 aliphatic carbocycles. The number of piperidine rings is 1. The third-order valence-corrected chi connectivity index (χ3v) is 14.0. The van der Waals surface area contributed by atoms with Crippen molar-refractivity contribution in [2.75, 3.05) is 92.3 Å². The number of nitrogens with one attached hydrogen (secondary N) is 4. The lowest BCUT2D eigenvalue weighted by Crippen LogP contribution is -2.73. The number of amides is 3. The largest absolute Gasteiger partial charge is 0.374 e. The SMILES string of the molecule is CCN(C)S(=O)(=O)Nc1ccc(F)c(C(=O)c2c[nH]c3ncc(-c4cnc(N5CCN(C(=O)CN6CC7(C6)CN(c6ccc(NC8CCC(=O)NC8=O)cc6)C7)CC5)nc4)cc23)c1F. The summed E-state index contributed by atoms with van der Waals surface area (Å²) in [5.41, 5.74) is 1.99. The number of imide groups is 1. The molecule has 5 aromatic rings. The maximum absolute atomic E-state index is 15.6. The van der Waals surface area contributed by atoms with Crippen LogP contribution >= 0.6 is 0 Å². The summed E-state index contributed by atoms with van der Waals surface area (Å²) in [4.78, 5) is 75.3. The van der Waals surface area contributed by atoms with Gasteiger partial charge in [-0.1, -0.05) is 6.92 Å². The van der Waals surface area contributed by atoms with Crippen LogP contribution in [0, 0.1) is 17.0 Å². The molecule has 9 rings (SSSR count). The van der Waals surface area contributed by atoms with Crippen molar-refractivity contribution in [1.82, 2.24) is 39.4 Å². The Morgan fingerprint density at radius 2 is 1.62 bits per heavy atom. The average molecular weight is 897 g/mol. The van der Waals surface area contributed by atoms with Crippen LogP contribution in [-0.4, -0.2) is 145 Å². The van der Waals surface area contributed by atoms with Crippen LogP contribution in [0.1, 0.15) is 35.7 Å². The van der Waals surface area contributed by atoms with E-state index in [-0.39, 0.29) is 40.6 Å². The number of pyridine rings is 1. The second kappa shape index (κ2) is 16.8. The van der Waals surface area contributed by atoms with Gasteiger partial charge in [0.25, 0.3) is 0 Å². The van der Waals surface area contributed by atoms with Gasteiger partial charge in [-0.25, -0.2) is 23.7 Å². The highest BCUT2D eigenvalue weighted by Crippen LogP contribution is 2.42. The number of rotatable bonds is 13. The zero-order valence-corrected chi connectivity index (χ0v) is 35.9. The molecule has 4 aliphatic rings. The van der Waals surface area contributed by atoms with Gasteiger partial charge in [0.1, 0.15) is 17.5 Å². The number of halogens is 2. The van der Waals surface area contributed by atoms with Crippen molar-refractivity contribution in [1.29, 1.82) is 0 Å². The lowest BCUT2D eigenvalue weighted by Gasteiger charge is -2.61. The van der Waals surface area contributed by atoms with Crippen LogP contribution in [0.4, 0.5) is 31.8 Å². The molecule has 2 aromatic carbocycles. The molecule has 3 amide bonds. The summed E-state index contributed by atoms with van der Waals surface area (Å²) in [7, 11) is -2.86. The molecule has 64 heavy (non-hydrogen) atoms. The minimum absolute atomic E-state index is 0.0663. The number of likely N-dealkylation sites (tertiary alicyclic amines) is 1. The molecular weight excluding hydrogens is 851 g/mol. The minimum atomic E-state index is -4.15. The molecule has 0 radical (unpaired) electrons. The Morgan fingerprint density at radius 3 is 2.31 bits per heavy atom. The Hall–Kier alpha value is -6.58. The first-order valence-electron chi connectivity index (χ1n) is 21.0. The number of H-pyrrole nitrogens is 1. The lowest BCUT2D eigenvalue weighted by atomic mass is 9.72. The van der Waals surface area contributed by atoms with Crippen LogP contribution in [0.3, 0.4) is 0 Å². The average Bonchev–Trinajstić information content (AvgIpc) is 3.69. The number of aromatic amines is 1. The van der Waals surface area contributed by atoms with Crippen molar-refractivity contribution >= 4 is 67.8 Å². The first-order valence-corrected chi connectivity index (χ1v) is 22.4. The van der Waals surface area contributed by atoms with Crippen LogP contribution in [0.2, 0.25) is 0 Å². The maximum Gasteiger partial charge on any atom is 0.301 e. The molecule has 4 N–H and O–H groups in total. The number of aromatic nitrogens is 4. The van der Waals surface area contributed by atoms with E-state index >= 15 is 8.78 Å². The predicted molar refractivity (Wildman–Crippen MR) is 234 cm³/mol. The second-order valence-electron chi connectivity index (χ2n) is 16.8. The van der Waals surface area contributed by atoms with Gasteiger partial charge >= 0.3 is 10.2 Å². The molecule has 1 atom stereocenters. The summed E-state index contributed by atoms with van der Waals surface area (Å²) in [6, 6.07) is 10.9. The highest BCUT2D eigenvalue weighted by atomic mass is 32.2. The Labute approximate surface area is 367 Å². The Kier molecular flexibility index (Phi) is 11.2. The van der Waals surface area contributed by atoms with Crippen LogP contribution in [-0.2, 0) is 24.6 Å². The van der Waals surface area contributed by atoms with Gasteiger partial charge in [0.2, 0.25) is 29.5 Å². The van der Waals surface area contributed by atoms with Crippen molar-refractivity contribution in [3.8, 4) is 11.1 Å². The van der Waals surface area contributed by atoms with Crippen LogP contribution in [0.25, 0.3) is 22.2 Å². The molecule has 4 aliphatic heterocycles. The number of piperazine rings is 1. The van der Waals surface area contributed by atoms with Gasteiger partial charge in [-0.15, -0.1) is 0 Å². The number of anilines is 4. The Balaban J connectivity index is 0.755. The molecule has 1 spiro atoms. The van der Waals surface area contributed by atoms with Crippen molar-refractivity contribution in [3.63, 3.8) is 0 Å². The lowest BCUT2D eigenvalue weighted by molar-refractivity contribution is -0.137. The first kappa shape index (κ1) is 42.7. The molecular formula is C43H46F2N12O6S. The van der Waals surface area contributed by atoms with Crippen LogP contribution in [0.5, 0.6) is 0 Å².